The number of nitrogens with zero attached hydrogens (tertiary/aromatic N) is 1. The summed E-state index contributed by atoms with van der Waals surface area (Å²) in [5, 5.41) is 10.0. The fourth-order valence-electron chi connectivity index (χ4n) is 2.06. The minimum absolute atomic E-state index is 0.303. The van der Waals surface area contributed by atoms with Crippen LogP contribution in [0.2, 0.25) is 0 Å². The van der Waals surface area contributed by atoms with Crippen LogP contribution < -0.4 is 0 Å². The zero-order chi connectivity index (χ0) is 14.5. The van der Waals surface area contributed by atoms with E-state index in [1.54, 1.807) is 7.05 Å². The number of hydrogen-bond donors (Lipinski definition) is 1. The standard InChI is InChI=1S/C16H19NO3/c1-12-8-9-14(20-12)11-17(2)16(19)15(18)10-13-6-4-3-5-7-13/h3-9,15,18H,10-11H2,1-2H3/t15-/m0/s1. The third-order valence-corrected chi connectivity index (χ3v) is 3.12. The largest absolute Gasteiger partial charge is 0.464 e. The van der Waals surface area contributed by atoms with E-state index in [0.29, 0.717) is 18.7 Å². The summed E-state index contributed by atoms with van der Waals surface area (Å²) in [5.74, 6) is 1.22. The van der Waals surface area contributed by atoms with Crippen molar-refractivity contribution < 1.29 is 14.3 Å². The molecule has 0 unspecified atom stereocenters. The Balaban J connectivity index is 1.92. The average Bonchev–Trinajstić information content (AvgIpc) is 2.84. The van der Waals surface area contributed by atoms with Crippen LogP contribution in [0.3, 0.4) is 0 Å². The summed E-state index contributed by atoms with van der Waals surface area (Å²) in [6.07, 6.45) is -0.709. The van der Waals surface area contributed by atoms with Gasteiger partial charge in [0.2, 0.25) is 0 Å². The maximum atomic E-state index is 12.1. The summed E-state index contributed by atoms with van der Waals surface area (Å²) >= 11 is 0. The number of aliphatic hydroxyl groups is 1. The smallest absolute Gasteiger partial charge is 0.251 e. The minimum atomic E-state index is -1.03. The molecule has 0 saturated heterocycles. The normalized spacial score (nSPS) is 12.2. The fourth-order valence-corrected chi connectivity index (χ4v) is 2.06. The maximum absolute atomic E-state index is 12.1. The van der Waals surface area contributed by atoms with Gasteiger partial charge < -0.3 is 14.4 Å². The van der Waals surface area contributed by atoms with Gasteiger partial charge in [-0.05, 0) is 24.6 Å². The van der Waals surface area contributed by atoms with Gasteiger partial charge in [0.05, 0.1) is 6.54 Å². The van der Waals surface area contributed by atoms with Crippen LogP contribution in [0.5, 0.6) is 0 Å². The van der Waals surface area contributed by atoms with E-state index in [0.717, 1.165) is 11.3 Å². The molecule has 2 aromatic rings. The summed E-state index contributed by atoms with van der Waals surface area (Å²) in [5.41, 5.74) is 0.940. The minimum Gasteiger partial charge on any atom is -0.464 e. The Labute approximate surface area is 118 Å². The molecule has 1 N–H and O–H groups in total. The lowest BCUT2D eigenvalue weighted by atomic mass is 10.1. The quantitative estimate of drug-likeness (QED) is 0.908. The summed E-state index contributed by atoms with van der Waals surface area (Å²) in [6.45, 7) is 2.22. The Morgan fingerprint density at radius 1 is 1.25 bits per heavy atom. The predicted octanol–water partition coefficient (Wildman–Crippen LogP) is 2.15. The highest BCUT2D eigenvalue weighted by molar-refractivity contribution is 5.80. The number of likely N-dealkylation sites (N-methyl/N-ethyl adjacent to an activating group) is 1. The van der Waals surface area contributed by atoms with Gasteiger partial charge in [0.1, 0.15) is 17.6 Å². The maximum Gasteiger partial charge on any atom is 0.251 e. The van der Waals surface area contributed by atoms with Gasteiger partial charge in [-0.1, -0.05) is 30.3 Å². The van der Waals surface area contributed by atoms with Crippen molar-refractivity contribution in [3.63, 3.8) is 0 Å². The molecule has 0 aliphatic heterocycles. The summed E-state index contributed by atoms with van der Waals surface area (Å²) < 4.78 is 5.43. The van der Waals surface area contributed by atoms with Gasteiger partial charge in [0, 0.05) is 13.5 Å². The number of amides is 1. The van der Waals surface area contributed by atoms with E-state index in [1.807, 2.05) is 49.4 Å². The van der Waals surface area contributed by atoms with E-state index in [4.69, 9.17) is 4.42 Å². The molecule has 0 saturated carbocycles. The van der Waals surface area contributed by atoms with E-state index >= 15 is 0 Å². The molecule has 1 amide bonds. The summed E-state index contributed by atoms with van der Waals surface area (Å²) in [6, 6.07) is 13.2. The van der Waals surface area contributed by atoms with Crippen LogP contribution >= 0.6 is 0 Å². The van der Waals surface area contributed by atoms with E-state index in [1.165, 1.54) is 4.90 Å². The van der Waals surface area contributed by atoms with Gasteiger partial charge in [-0.15, -0.1) is 0 Å². The van der Waals surface area contributed by atoms with Crippen molar-refractivity contribution in [3.8, 4) is 0 Å². The number of benzene rings is 1. The molecule has 4 nitrogen and oxygen atoms in total. The Morgan fingerprint density at radius 3 is 2.55 bits per heavy atom. The second-order valence-electron chi connectivity index (χ2n) is 4.91. The van der Waals surface area contributed by atoms with Gasteiger partial charge >= 0.3 is 0 Å². The Kier molecular flexibility index (Phi) is 4.58. The lowest BCUT2D eigenvalue weighted by molar-refractivity contribution is -0.139. The average molecular weight is 273 g/mol. The van der Waals surface area contributed by atoms with Gasteiger partial charge in [0.25, 0.3) is 5.91 Å². The summed E-state index contributed by atoms with van der Waals surface area (Å²) in [7, 11) is 1.66. The zero-order valence-corrected chi connectivity index (χ0v) is 11.7. The molecule has 1 aromatic carbocycles. The molecule has 0 aliphatic carbocycles. The van der Waals surface area contributed by atoms with Crippen LogP contribution in [0.25, 0.3) is 0 Å². The van der Waals surface area contributed by atoms with Crippen molar-refractivity contribution >= 4 is 5.91 Å². The van der Waals surface area contributed by atoms with Crippen molar-refractivity contribution in [1.82, 2.24) is 4.90 Å². The second-order valence-corrected chi connectivity index (χ2v) is 4.91. The monoisotopic (exact) mass is 273 g/mol. The van der Waals surface area contributed by atoms with Crippen molar-refractivity contribution in [2.24, 2.45) is 0 Å². The molecule has 0 bridgehead atoms. The zero-order valence-electron chi connectivity index (χ0n) is 11.7. The fraction of sp³-hybridized carbons (Fsp3) is 0.312. The Morgan fingerprint density at radius 2 is 1.95 bits per heavy atom. The van der Waals surface area contributed by atoms with Crippen molar-refractivity contribution in [1.29, 1.82) is 0 Å². The lowest BCUT2D eigenvalue weighted by Gasteiger charge is -2.19. The lowest BCUT2D eigenvalue weighted by Crippen LogP contribution is -2.37. The van der Waals surface area contributed by atoms with Gasteiger partial charge in [-0.2, -0.15) is 0 Å². The molecular weight excluding hydrogens is 254 g/mol. The van der Waals surface area contributed by atoms with E-state index in [-0.39, 0.29) is 5.91 Å². The Hall–Kier alpha value is -2.07. The van der Waals surface area contributed by atoms with Crippen molar-refractivity contribution in [2.45, 2.75) is 26.0 Å². The van der Waals surface area contributed by atoms with Crippen LogP contribution in [0.1, 0.15) is 17.1 Å². The highest BCUT2D eigenvalue weighted by atomic mass is 16.3. The van der Waals surface area contributed by atoms with Crippen LogP contribution in [0.15, 0.2) is 46.9 Å². The highest BCUT2D eigenvalue weighted by Gasteiger charge is 2.20. The van der Waals surface area contributed by atoms with Crippen LogP contribution in [-0.2, 0) is 17.8 Å². The van der Waals surface area contributed by atoms with Gasteiger partial charge in [-0.25, -0.2) is 0 Å². The van der Waals surface area contributed by atoms with Crippen LogP contribution in [0.4, 0.5) is 0 Å². The molecule has 0 radical (unpaired) electrons. The molecule has 20 heavy (non-hydrogen) atoms. The molecule has 4 heteroatoms. The number of aliphatic hydroxyl groups excluding tert-OH is 1. The molecule has 0 spiro atoms. The number of aryl methyl sites for hydroxylation is 1. The Bertz CT molecular complexity index is 562. The third-order valence-electron chi connectivity index (χ3n) is 3.12. The highest BCUT2D eigenvalue weighted by Crippen LogP contribution is 2.11. The predicted molar refractivity (Wildman–Crippen MR) is 76.1 cm³/mol. The van der Waals surface area contributed by atoms with E-state index in [2.05, 4.69) is 0 Å². The number of rotatable bonds is 5. The molecule has 0 aliphatic rings. The molecule has 0 fully saturated rings. The van der Waals surface area contributed by atoms with Gasteiger partial charge in [-0.3, -0.25) is 4.79 Å². The number of carbonyl (C=O) groups is 1. The number of hydrogen-bond acceptors (Lipinski definition) is 3. The van der Waals surface area contributed by atoms with Crippen LogP contribution in [0, 0.1) is 6.92 Å². The number of carbonyl (C=O) groups excluding carboxylic acids is 1. The molecule has 2 rings (SSSR count). The first-order valence-corrected chi connectivity index (χ1v) is 6.58. The first-order chi connectivity index (χ1) is 9.56. The van der Waals surface area contributed by atoms with E-state index in [9.17, 15) is 9.90 Å². The SMILES string of the molecule is Cc1ccc(CN(C)C(=O)[C@@H](O)Cc2ccccc2)o1. The topological polar surface area (TPSA) is 53.7 Å². The molecular formula is C16H19NO3. The van der Waals surface area contributed by atoms with Crippen molar-refractivity contribution in [2.75, 3.05) is 7.05 Å². The third kappa shape index (κ3) is 3.71. The van der Waals surface area contributed by atoms with Crippen molar-refractivity contribution in [3.05, 3.63) is 59.5 Å². The second kappa shape index (κ2) is 6.39. The molecule has 1 heterocycles. The van der Waals surface area contributed by atoms with E-state index < -0.39 is 6.10 Å². The van der Waals surface area contributed by atoms with Crippen LogP contribution in [-0.4, -0.2) is 29.1 Å². The number of furan rings is 1. The molecule has 1 atom stereocenters. The molecule has 106 valence electrons. The first kappa shape index (κ1) is 14.3. The molecule has 1 aromatic heterocycles. The van der Waals surface area contributed by atoms with Gasteiger partial charge in [0.15, 0.2) is 0 Å². The first-order valence-electron chi connectivity index (χ1n) is 6.58. The summed E-state index contributed by atoms with van der Waals surface area (Å²) in [4.78, 5) is 13.6.